The van der Waals surface area contributed by atoms with Gasteiger partial charge in [-0.3, -0.25) is 0 Å². The van der Waals surface area contributed by atoms with Crippen LogP contribution in [-0.2, 0) is 5.54 Å². The maximum Gasteiger partial charge on any atom is 0.0434 e. The monoisotopic (exact) mass is 190 g/mol. The SMILES string of the molecule is CNC1(c2cccc(N(C)C)c2)CC1. The lowest BCUT2D eigenvalue weighted by Crippen LogP contribution is -2.24. The molecule has 0 atom stereocenters. The first kappa shape index (κ1) is 9.53. The molecule has 1 aliphatic carbocycles. The van der Waals surface area contributed by atoms with Crippen molar-refractivity contribution in [2.45, 2.75) is 18.4 Å². The molecule has 1 N–H and O–H groups in total. The van der Waals surface area contributed by atoms with Crippen LogP contribution in [0.4, 0.5) is 5.69 Å². The summed E-state index contributed by atoms with van der Waals surface area (Å²) in [5.41, 5.74) is 2.99. The lowest BCUT2D eigenvalue weighted by molar-refractivity contribution is 0.585. The summed E-state index contributed by atoms with van der Waals surface area (Å²) in [6.07, 6.45) is 2.53. The largest absolute Gasteiger partial charge is 0.378 e. The van der Waals surface area contributed by atoms with Crippen LogP contribution in [0.3, 0.4) is 0 Å². The van der Waals surface area contributed by atoms with Crippen LogP contribution in [0, 0.1) is 0 Å². The molecular formula is C12H18N2. The van der Waals surface area contributed by atoms with Gasteiger partial charge in [0, 0.05) is 25.3 Å². The number of nitrogens with zero attached hydrogens (tertiary/aromatic N) is 1. The van der Waals surface area contributed by atoms with E-state index in [1.165, 1.54) is 24.1 Å². The summed E-state index contributed by atoms with van der Waals surface area (Å²) in [6, 6.07) is 8.79. The molecule has 76 valence electrons. The Bertz CT molecular complexity index is 327. The van der Waals surface area contributed by atoms with Crippen molar-refractivity contribution >= 4 is 5.69 Å². The molecule has 1 saturated carbocycles. The van der Waals surface area contributed by atoms with Gasteiger partial charge in [-0.15, -0.1) is 0 Å². The molecule has 0 saturated heterocycles. The lowest BCUT2D eigenvalue weighted by atomic mass is 10.0. The average molecular weight is 190 g/mol. The molecule has 2 heteroatoms. The zero-order chi connectivity index (χ0) is 10.2. The zero-order valence-electron chi connectivity index (χ0n) is 9.17. The van der Waals surface area contributed by atoms with Gasteiger partial charge >= 0.3 is 0 Å². The van der Waals surface area contributed by atoms with Crippen LogP contribution in [0.1, 0.15) is 18.4 Å². The lowest BCUT2D eigenvalue weighted by Gasteiger charge is -2.18. The van der Waals surface area contributed by atoms with Gasteiger partial charge in [0.25, 0.3) is 0 Å². The van der Waals surface area contributed by atoms with E-state index >= 15 is 0 Å². The smallest absolute Gasteiger partial charge is 0.0434 e. The Morgan fingerprint density at radius 3 is 2.50 bits per heavy atom. The van der Waals surface area contributed by atoms with Gasteiger partial charge in [-0.05, 0) is 37.6 Å². The molecule has 0 heterocycles. The summed E-state index contributed by atoms with van der Waals surface area (Å²) < 4.78 is 0. The third-order valence-electron chi connectivity index (χ3n) is 3.14. The molecule has 1 aromatic rings. The molecule has 1 aliphatic rings. The van der Waals surface area contributed by atoms with Crippen molar-refractivity contribution in [2.24, 2.45) is 0 Å². The van der Waals surface area contributed by atoms with Crippen LogP contribution >= 0.6 is 0 Å². The molecule has 0 radical (unpaired) electrons. The molecule has 0 amide bonds. The summed E-state index contributed by atoms with van der Waals surface area (Å²) in [5.74, 6) is 0. The van der Waals surface area contributed by atoms with Crippen molar-refractivity contribution in [3.8, 4) is 0 Å². The predicted octanol–water partition coefficient (Wildman–Crippen LogP) is 1.96. The van der Waals surface area contributed by atoms with Crippen molar-refractivity contribution in [3.63, 3.8) is 0 Å². The molecule has 0 bridgehead atoms. The fourth-order valence-corrected chi connectivity index (χ4v) is 1.89. The Balaban J connectivity index is 2.31. The van der Waals surface area contributed by atoms with Gasteiger partial charge in [-0.1, -0.05) is 12.1 Å². The van der Waals surface area contributed by atoms with Crippen LogP contribution in [0.2, 0.25) is 0 Å². The third-order valence-corrected chi connectivity index (χ3v) is 3.14. The second-order valence-electron chi connectivity index (χ2n) is 4.28. The van der Waals surface area contributed by atoms with Gasteiger partial charge in [-0.2, -0.15) is 0 Å². The Morgan fingerprint density at radius 2 is 2.00 bits per heavy atom. The van der Waals surface area contributed by atoms with Crippen molar-refractivity contribution < 1.29 is 0 Å². The molecular weight excluding hydrogens is 172 g/mol. The molecule has 14 heavy (non-hydrogen) atoms. The van der Waals surface area contributed by atoms with Crippen molar-refractivity contribution in [3.05, 3.63) is 29.8 Å². The fourth-order valence-electron chi connectivity index (χ4n) is 1.89. The summed E-state index contributed by atoms with van der Waals surface area (Å²) in [6.45, 7) is 0. The van der Waals surface area contributed by atoms with E-state index in [1.807, 2.05) is 0 Å². The van der Waals surface area contributed by atoms with Crippen LogP contribution in [0.15, 0.2) is 24.3 Å². The highest BCUT2D eigenvalue weighted by Crippen LogP contribution is 2.45. The Kier molecular flexibility index (Phi) is 2.23. The van der Waals surface area contributed by atoms with Gasteiger partial charge in [0.05, 0.1) is 0 Å². The quantitative estimate of drug-likeness (QED) is 0.784. The van der Waals surface area contributed by atoms with Crippen LogP contribution in [0.25, 0.3) is 0 Å². The third kappa shape index (κ3) is 1.50. The molecule has 1 aromatic carbocycles. The van der Waals surface area contributed by atoms with Gasteiger partial charge in [0.1, 0.15) is 0 Å². The topological polar surface area (TPSA) is 15.3 Å². The summed E-state index contributed by atoms with van der Waals surface area (Å²) >= 11 is 0. The molecule has 0 spiro atoms. The Morgan fingerprint density at radius 1 is 1.29 bits per heavy atom. The predicted molar refractivity (Wildman–Crippen MR) is 60.7 cm³/mol. The minimum Gasteiger partial charge on any atom is -0.378 e. The first-order chi connectivity index (χ1) is 6.68. The van der Waals surface area contributed by atoms with E-state index in [4.69, 9.17) is 0 Å². The number of hydrogen-bond acceptors (Lipinski definition) is 2. The van der Waals surface area contributed by atoms with E-state index < -0.39 is 0 Å². The van der Waals surface area contributed by atoms with Crippen molar-refractivity contribution in [2.75, 3.05) is 26.0 Å². The number of benzene rings is 1. The molecule has 0 unspecified atom stereocenters. The number of nitrogens with one attached hydrogen (secondary N) is 1. The van der Waals surface area contributed by atoms with E-state index in [0.717, 1.165) is 0 Å². The minimum atomic E-state index is 0.284. The van der Waals surface area contributed by atoms with Gasteiger partial charge < -0.3 is 10.2 Å². The first-order valence-electron chi connectivity index (χ1n) is 5.15. The summed E-state index contributed by atoms with van der Waals surface area (Å²) in [5, 5.41) is 3.42. The first-order valence-corrected chi connectivity index (χ1v) is 5.15. The highest BCUT2D eigenvalue weighted by Gasteiger charge is 2.42. The van der Waals surface area contributed by atoms with Crippen molar-refractivity contribution in [1.29, 1.82) is 0 Å². The second-order valence-corrected chi connectivity index (χ2v) is 4.28. The molecule has 0 aliphatic heterocycles. The van der Waals surface area contributed by atoms with Gasteiger partial charge in [0.2, 0.25) is 0 Å². The Labute approximate surface area is 85.9 Å². The second kappa shape index (κ2) is 3.28. The summed E-state index contributed by atoms with van der Waals surface area (Å²) in [4.78, 5) is 2.15. The van der Waals surface area contributed by atoms with Gasteiger partial charge in [0.15, 0.2) is 0 Å². The summed E-state index contributed by atoms with van der Waals surface area (Å²) in [7, 11) is 6.21. The number of rotatable bonds is 3. The fraction of sp³-hybridized carbons (Fsp3) is 0.500. The van der Waals surface area contributed by atoms with Crippen LogP contribution in [-0.4, -0.2) is 21.1 Å². The minimum absolute atomic E-state index is 0.284. The van der Waals surface area contributed by atoms with E-state index in [0.29, 0.717) is 0 Å². The molecule has 2 rings (SSSR count). The maximum absolute atomic E-state index is 3.42. The van der Waals surface area contributed by atoms with Crippen LogP contribution < -0.4 is 10.2 Å². The zero-order valence-corrected chi connectivity index (χ0v) is 9.17. The van der Waals surface area contributed by atoms with Gasteiger partial charge in [-0.25, -0.2) is 0 Å². The average Bonchev–Trinajstić information content (AvgIpc) is 2.98. The number of hydrogen-bond donors (Lipinski definition) is 1. The van der Waals surface area contributed by atoms with Crippen molar-refractivity contribution in [1.82, 2.24) is 5.32 Å². The molecule has 1 fully saturated rings. The standard InChI is InChI=1S/C12H18N2/c1-13-12(7-8-12)10-5-4-6-11(9-10)14(2)3/h4-6,9,13H,7-8H2,1-3H3. The van der Waals surface area contributed by atoms with Crippen LogP contribution in [0.5, 0.6) is 0 Å². The van der Waals surface area contributed by atoms with E-state index in [2.05, 4.69) is 55.6 Å². The highest BCUT2D eigenvalue weighted by molar-refractivity contribution is 5.49. The number of anilines is 1. The molecule has 0 aromatic heterocycles. The normalized spacial score (nSPS) is 17.9. The van der Waals surface area contributed by atoms with E-state index in [-0.39, 0.29) is 5.54 Å². The van der Waals surface area contributed by atoms with E-state index in [9.17, 15) is 0 Å². The maximum atomic E-state index is 3.42. The Hall–Kier alpha value is -1.02. The molecule has 2 nitrogen and oxygen atoms in total. The highest BCUT2D eigenvalue weighted by atomic mass is 15.1. The van der Waals surface area contributed by atoms with E-state index in [1.54, 1.807) is 0 Å².